The summed E-state index contributed by atoms with van der Waals surface area (Å²) in [5, 5.41) is 3.17. The highest BCUT2D eigenvalue weighted by atomic mass is 32.2. The Kier molecular flexibility index (Phi) is 8.00. The van der Waals surface area contributed by atoms with Gasteiger partial charge in [0.15, 0.2) is 0 Å². The maximum absolute atomic E-state index is 10.9. The van der Waals surface area contributed by atoms with Crippen LogP contribution < -0.4 is 5.32 Å². The zero-order valence-corrected chi connectivity index (χ0v) is 10.8. The minimum Gasteiger partial charge on any atom is -0.382 e. The molecule has 0 aromatic rings. The Hall–Kier alpha value is -0.130. The number of rotatable bonds is 9. The third kappa shape index (κ3) is 10.2. The Morgan fingerprint density at radius 3 is 2.47 bits per heavy atom. The summed E-state index contributed by atoms with van der Waals surface area (Å²) >= 11 is 0. The third-order valence-electron chi connectivity index (χ3n) is 2.29. The Bertz CT molecular complexity index is 239. The molecule has 0 amide bonds. The number of ether oxygens (including phenoxy) is 1. The standard InChI is InChI=1S/C10H23NO3S/c1-4-14-8-7-10(11-2)6-5-9-15(3,12)13/h10-11H,4-9H2,1-3H3. The highest BCUT2D eigenvalue weighted by Gasteiger charge is 2.08. The SMILES string of the molecule is CCOCCC(CCCS(C)(=O)=O)NC. The average Bonchev–Trinajstić information content (AvgIpc) is 2.14. The van der Waals surface area contributed by atoms with Crippen molar-refractivity contribution in [2.24, 2.45) is 0 Å². The van der Waals surface area contributed by atoms with E-state index in [2.05, 4.69) is 5.32 Å². The van der Waals surface area contributed by atoms with E-state index in [4.69, 9.17) is 4.74 Å². The van der Waals surface area contributed by atoms with Gasteiger partial charge in [-0.3, -0.25) is 0 Å². The number of sulfone groups is 1. The van der Waals surface area contributed by atoms with Gasteiger partial charge >= 0.3 is 0 Å². The predicted molar refractivity (Wildman–Crippen MR) is 62.9 cm³/mol. The van der Waals surface area contributed by atoms with Crippen LogP contribution in [0.3, 0.4) is 0 Å². The second-order valence-corrected chi connectivity index (χ2v) is 6.00. The molecule has 0 saturated heterocycles. The van der Waals surface area contributed by atoms with Crippen LogP contribution in [0.15, 0.2) is 0 Å². The molecule has 4 nitrogen and oxygen atoms in total. The summed E-state index contributed by atoms with van der Waals surface area (Å²) in [5.41, 5.74) is 0. The third-order valence-corrected chi connectivity index (χ3v) is 3.32. The van der Waals surface area contributed by atoms with Crippen LogP contribution >= 0.6 is 0 Å². The predicted octanol–water partition coefficient (Wildman–Crippen LogP) is 0.826. The molecular weight excluding hydrogens is 214 g/mol. The fraction of sp³-hybridized carbons (Fsp3) is 1.00. The van der Waals surface area contributed by atoms with Crippen LogP contribution in [-0.2, 0) is 14.6 Å². The minimum absolute atomic E-state index is 0.278. The van der Waals surface area contributed by atoms with Gasteiger partial charge in [-0.2, -0.15) is 0 Å². The molecule has 0 radical (unpaired) electrons. The summed E-state index contributed by atoms with van der Waals surface area (Å²) in [4.78, 5) is 0. The van der Waals surface area contributed by atoms with E-state index in [-0.39, 0.29) is 5.75 Å². The van der Waals surface area contributed by atoms with Crippen molar-refractivity contribution in [2.75, 3.05) is 32.3 Å². The first-order valence-electron chi connectivity index (χ1n) is 5.42. The van der Waals surface area contributed by atoms with Gasteiger partial charge in [-0.1, -0.05) is 0 Å². The monoisotopic (exact) mass is 237 g/mol. The summed E-state index contributed by atoms with van der Waals surface area (Å²) in [6.07, 6.45) is 3.82. The first-order chi connectivity index (χ1) is 6.99. The lowest BCUT2D eigenvalue weighted by molar-refractivity contribution is 0.136. The van der Waals surface area contributed by atoms with E-state index in [0.717, 1.165) is 32.5 Å². The van der Waals surface area contributed by atoms with Crippen LogP contribution in [0.2, 0.25) is 0 Å². The Labute approximate surface area is 93.3 Å². The molecular formula is C10H23NO3S. The summed E-state index contributed by atoms with van der Waals surface area (Å²) in [6, 6.07) is 0.360. The highest BCUT2D eigenvalue weighted by molar-refractivity contribution is 7.90. The topological polar surface area (TPSA) is 55.4 Å². The van der Waals surface area contributed by atoms with Crippen molar-refractivity contribution in [1.82, 2.24) is 5.32 Å². The van der Waals surface area contributed by atoms with E-state index in [1.807, 2.05) is 14.0 Å². The van der Waals surface area contributed by atoms with Crippen LogP contribution in [0.1, 0.15) is 26.2 Å². The van der Waals surface area contributed by atoms with Crippen LogP contribution in [0.4, 0.5) is 0 Å². The van der Waals surface area contributed by atoms with Crippen molar-refractivity contribution >= 4 is 9.84 Å². The first-order valence-corrected chi connectivity index (χ1v) is 7.48. The molecule has 92 valence electrons. The molecule has 1 atom stereocenters. The number of hydrogen-bond acceptors (Lipinski definition) is 4. The van der Waals surface area contributed by atoms with Crippen molar-refractivity contribution in [3.05, 3.63) is 0 Å². The average molecular weight is 237 g/mol. The summed E-state index contributed by atoms with van der Waals surface area (Å²) in [5.74, 6) is 0.278. The molecule has 0 heterocycles. The Balaban J connectivity index is 3.61. The van der Waals surface area contributed by atoms with E-state index in [1.165, 1.54) is 6.26 Å². The van der Waals surface area contributed by atoms with Crippen molar-refractivity contribution in [1.29, 1.82) is 0 Å². The van der Waals surface area contributed by atoms with E-state index >= 15 is 0 Å². The molecule has 5 heteroatoms. The van der Waals surface area contributed by atoms with Gasteiger partial charge in [0.25, 0.3) is 0 Å². The highest BCUT2D eigenvalue weighted by Crippen LogP contribution is 2.03. The zero-order valence-electron chi connectivity index (χ0n) is 9.95. The lowest BCUT2D eigenvalue weighted by Gasteiger charge is -2.15. The lowest BCUT2D eigenvalue weighted by atomic mass is 10.1. The van der Waals surface area contributed by atoms with Crippen LogP contribution in [0, 0.1) is 0 Å². The van der Waals surface area contributed by atoms with Crippen LogP contribution in [0.25, 0.3) is 0 Å². The maximum atomic E-state index is 10.9. The molecule has 0 rings (SSSR count). The normalized spacial score (nSPS) is 14.1. The maximum Gasteiger partial charge on any atom is 0.147 e. The first kappa shape index (κ1) is 14.9. The molecule has 0 aromatic carbocycles. The van der Waals surface area contributed by atoms with Crippen molar-refractivity contribution in [3.8, 4) is 0 Å². The number of hydrogen-bond donors (Lipinski definition) is 1. The van der Waals surface area contributed by atoms with Gasteiger partial charge in [-0.05, 0) is 33.2 Å². The molecule has 0 aromatic heterocycles. The van der Waals surface area contributed by atoms with Gasteiger partial charge in [0.1, 0.15) is 9.84 Å². The van der Waals surface area contributed by atoms with E-state index in [1.54, 1.807) is 0 Å². The smallest absolute Gasteiger partial charge is 0.147 e. The quantitative estimate of drug-likeness (QED) is 0.603. The summed E-state index contributed by atoms with van der Waals surface area (Å²) in [6.45, 7) is 3.44. The Morgan fingerprint density at radius 2 is 2.00 bits per heavy atom. The van der Waals surface area contributed by atoms with Gasteiger partial charge in [0, 0.05) is 31.3 Å². The second kappa shape index (κ2) is 8.07. The fourth-order valence-electron chi connectivity index (χ4n) is 1.39. The van der Waals surface area contributed by atoms with E-state index < -0.39 is 9.84 Å². The molecule has 0 aliphatic carbocycles. The van der Waals surface area contributed by atoms with Gasteiger partial charge in [0.05, 0.1) is 0 Å². The van der Waals surface area contributed by atoms with Gasteiger partial charge in [-0.15, -0.1) is 0 Å². The van der Waals surface area contributed by atoms with E-state index in [9.17, 15) is 8.42 Å². The van der Waals surface area contributed by atoms with Gasteiger partial charge < -0.3 is 10.1 Å². The molecule has 15 heavy (non-hydrogen) atoms. The zero-order chi connectivity index (χ0) is 11.7. The fourth-order valence-corrected chi connectivity index (χ4v) is 2.09. The minimum atomic E-state index is -2.81. The van der Waals surface area contributed by atoms with Crippen LogP contribution in [0.5, 0.6) is 0 Å². The summed E-state index contributed by atoms with van der Waals surface area (Å²) < 4.78 is 27.1. The van der Waals surface area contributed by atoms with Crippen LogP contribution in [-0.4, -0.2) is 46.7 Å². The molecule has 0 aliphatic heterocycles. The van der Waals surface area contributed by atoms with Crippen molar-refractivity contribution < 1.29 is 13.2 Å². The van der Waals surface area contributed by atoms with Crippen molar-refractivity contribution in [2.45, 2.75) is 32.2 Å². The van der Waals surface area contributed by atoms with Gasteiger partial charge in [-0.25, -0.2) is 8.42 Å². The molecule has 0 saturated carbocycles. The molecule has 0 spiro atoms. The molecule has 0 fully saturated rings. The molecule has 0 aliphatic rings. The molecule has 1 N–H and O–H groups in total. The van der Waals surface area contributed by atoms with Gasteiger partial charge in [0.2, 0.25) is 0 Å². The number of nitrogens with one attached hydrogen (secondary N) is 1. The molecule has 0 bridgehead atoms. The second-order valence-electron chi connectivity index (χ2n) is 3.74. The van der Waals surface area contributed by atoms with E-state index in [0.29, 0.717) is 6.04 Å². The molecule has 1 unspecified atom stereocenters. The summed E-state index contributed by atoms with van der Waals surface area (Å²) in [7, 11) is -0.912. The van der Waals surface area contributed by atoms with Crippen molar-refractivity contribution in [3.63, 3.8) is 0 Å². The lowest BCUT2D eigenvalue weighted by Crippen LogP contribution is -2.27. The Morgan fingerprint density at radius 1 is 1.33 bits per heavy atom. The largest absolute Gasteiger partial charge is 0.382 e.